The molecule has 1 atom stereocenters. The van der Waals surface area contributed by atoms with E-state index in [9.17, 15) is 13.2 Å². The van der Waals surface area contributed by atoms with Gasteiger partial charge in [-0.25, -0.2) is 8.42 Å². The average Bonchev–Trinajstić information content (AvgIpc) is 2.27. The van der Waals surface area contributed by atoms with Gasteiger partial charge >= 0.3 is 0 Å². The van der Waals surface area contributed by atoms with E-state index < -0.39 is 9.84 Å². The van der Waals surface area contributed by atoms with Crippen molar-refractivity contribution in [2.24, 2.45) is 0 Å². The molecule has 0 radical (unpaired) electrons. The lowest BCUT2D eigenvalue weighted by molar-refractivity contribution is -0.121. The molecule has 5 nitrogen and oxygen atoms in total. The molecule has 0 aliphatic carbocycles. The van der Waals surface area contributed by atoms with Crippen LogP contribution in [0.4, 0.5) is 0 Å². The minimum Gasteiger partial charge on any atom is -0.354 e. The van der Waals surface area contributed by atoms with Crippen molar-refractivity contribution in [3.63, 3.8) is 0 Å². The molecule has 0 bridgehead atoms. The molecule has 2 N–H and O–H groups in total. The van der Waals surface area contributed by atoms with Crippen molar-refractivity contribution in [2.45, 2.75) is 44.4 Å². The summed E-state index contributed by atoms with van der Waals surface area (Å²) in [5.74, 6) is -0.231. The molecular weight excluding hydrogens is 240 g/mol. The number of carbonyl (C=O) groups is 1. The first-order chi connectivity index (χ1) is 7.92. The summed E-state index contributed by atoms with van der Waals surface area (Å²) in [6.07, 6.45) is 1.67. The van der Waals surface area contributed by atoms with E-state index in [-0.39, 0.29) is 29.4 Å². The zero-order valence-corrected chi connectivity index (χ0v) is 11.3. The maximum absolute atomic E-state index is 12.0. The molecule has 0 saturated carbocycles. The van der Waals surface area contributed by atoms with Gasteiger partial charge in [0.15, 0.2) is 9.84 Å². The van der Waals surface area contributed by atoms with E-state index in [2.05, 4.69) is 10.6 Å². The highest BCUT2D eigenvalue weighted by Gasteiger charge is 2.27. The van der Waals surface area contributed by atoms with E-state index in [0.717, 1.165) is 13.0 Å². The van der Waals surface area contributed by atoms with Crippen LogP contribution in [-0.2, 0) is 14.6 Å². The highest BCUT2D eigenvalue weighted by molar-refractivity contribution is 7.92. The predicted octanol–water partition coefficient (Wildman–Crippen LogP) is 0.0679. The second-order valence-electron chi connectivity index (χ2n) is 4.81. The van der Waals surface area contributed by atoms with Crippen LogP contribution in [0.25, 0.3) is 0 Å². The first kappa shape index (κ1) is 14.4. The Hall–Kier alpha value is -0.620. The summed E-state index contributed by atoms with van der Waals surface area (Å²) in [6.45, 7) is 5.13. The van der Waals surface area contributed by atoms with Crippen molar-refractivity contribution in [3.05, 3.63) is 0 Å². The fourth-order valence-electron chi connectivity index (χ4n) is 1.92. The van der Waals surface area contributed by atoms with E-state index in [0.29, 0.717) is 13.0 Å². The number of hydrogen-bond donors (Lipinski definition) is 2. The third-order valence-electron chi connectivity index (χ3n) is 2.82. The molecule has 0 aromatic heterocycles. The maximum atomic E-state index is 12.0. The summed E-state index contributed by atoms with van der Waals surface area (Å²) in [4.78, 5) is 11.4. The molecule has 1 amide bonds. The number of rotatable bonds is 5. The summed E-state index contributed by atoms with van der Waals surface area (Å²) >= 11 is 0. The van der Waals surface area contributed by atoms with Gasteiger partial charge in [0.2, 0.25) is 5.91 Å². The van der Waals surface area contributed by atoms with Crippen molar-refractivity contribution in [1.29, 1.82) is 0 Å². The van der Waals surface area contributed by atoms with Crippen molar-refractivity contribution in [2.75, 3.05) is 18.8 Å². The number of sulfone groups is 1. The summed E-state index contributed by atoms with van der Waals surface area (Å²) in [7, 11) is -3.14. The zero-order valence-electron chi connectivity index (χ0n) is 10.5. The fraction of sp³-hybridized carbons (Fsp3) is 0.909. The van der Waals surface area contributed by atoms with Gasteiger partial charge in [-0.15, -0.1) is 0 Å². The van der Waals surface area contributed by atoms with Gasteiger partial charge in [-0.1, -0.05) is 0 Å². The van der Waals surface area contributed by atoms with Crippen LogP contribution in [-0.4, -0.2) is 44.5 Å². The lowest BCUT2D eigenvalue weighted by atomic mass is 10.2. The quantitative estimate of drug-likeness (QED) is 0.735. The van der Waals surface area contributed by atoms with Crippen LogP contribution < -0.4 is 10.6 Å². The summed E-state index contributed by atoms with van der Waals surface area (Å²) < 4.78 is 23.9. The van der Waals surface area contributed by atoms with Crippen LogP contribution >= 0.6 is 0 Å². The summed E-state index contributed by atoms with van der Waals surface area (Å²) in [5, 5.41) is 5.46. The summed E-state index contributed by atoms with van der Waals surface area (Å²) in [5.41, 5.74) is 0. The van der Waals surface area contributed by atoms with Crippen LogP contribution in [0.15, 0.2) is 0 Å². The van der Waals surface area contributed by atoms with E-state index in [1.807, 2.05) is 13.8 Å². The highest BCUT2D eigenvalue weighted by Crippen LogP contribution is 2.13. The van der Waals surface area contributed by atoms with Gasteiger partial charge in [0, 0.05) is 19.0 Å². The standard InChI is InChI=1S/C11H22N2O3S/c1-9(2)13-11(14)5-7-17(15,16)10-4-3-6-12-8-10/h9-10,12H,3-8H2,1-2H3,(H,13,14). The van der Waals surface area contributed by atoms with E-state index in [1.54, 1.807) is 0 Å². The molecule has 1 rings (SSSR count). The Bertz CT molecular complexity index is 346. The molecule has 100 valence electrons. The molecule has 1 fully saturated rings. The second-order valence-corrected chi connectivity index (χ2v) is 7.21. The molecular formula is C11H22N2O3S. The van der Waals surface area contributed by atoms with Gasteiger partial charge in [0.25, 0.3) is 0 Å². The smallest absolute Gasteiger partial charge is 0.221 e. The van der Waals surface area contributed by atoms with Crippen molar-refractivity contribution >= 4 is 15.7 Å². The maximum Gasteiger partial charge on any atom is 0.221 e. The Labute approximate surface area is 103 Å². The number of amides is 1. The highest BCUT2D eigenvalue weighted by atomic mass is 32.2. The Kier molecular flexibility index (Phi) is 5.39. The van der Waals surface area contributed by atoms with E-state index >= 15 is 0 Å². The largest absolute Gasteiger partial charge is 0.354 e. The third-order valence-corrected chi connectivity index (χ3v) is 5.01. The van der Waals surface area contributed by atoms with E-state index in [1.165, 1.54) is 0 Å². The molecule has 17 heavy (non-hydrogen) atoms. The third kappa shape index (κ3) is 5.04. The van der Waals surface area contributed by atoms with Gasteiger partial charge < -0.3 is 10.6 Å². The predicted molar refractivity (Wildman–Crippen MR) is 67.6 cm³/mol. The van der Waals surface area contributed by atoms with Gasteiger partial charge in [-0.2, -0.15) is 0 Å². The molecule has 0 aromatic rings. The second kappa shape index (κ2) is 6.35. The Morgan fingerprint density at radius 3 is 2.71 bits per heavy atom. The summed E-state index contributed by atoms with van der Waals surface area (Å²) in [6, 6.07) is 0.0570. The Morgan fingerprint density at radius 1 is 1.47 bits per heavy atom. The molecule has 1 aliphatic heterocycles. The van der Waals surface area contributed by atoms with Crippen molar-refractivity contribution in [3.8, 4) is 0 Å². The number of carbonyl (C=O) groups excluding carboxylic acids is 1. The molecule has 6 heteroatoms. The van der Waals surface area contributed by atoms with Crippen LogP contribution in [0.3, 0.4) is 0 Å². The molecule has 0 aromatic carbocycles. The number of nitrogens with one attached hydrogen (secondary N) is 2. The minimum absolute atomic E-state index is 0.0438. The fourth-order valence-corrected chi connectivity index (χ4v) is 3.62. The Morgan fingerprint density at radius 2 is 2.18 bits per heavy atom. The van der Waals surface area contributed by atoms with Crippen LogP contribution in [0.2, 0.25) is 0 Å². The molecule has 1 heterocycles. The van der Waals surface area contributed by atoms with Gasteiger partial charge in [0.1, 0.15) is 0 Å². The van der Waals surface area contributed by atoms with Gasteiger partial charge in [0.05, 0.1) is 11.0 Å². The lowest BCUT2D eigenvalue weighted by Gasteiger charge is -2.22. The zero-order chi connectivity index (χ0) is 12.9. The van der Waals surface area contributed by atoms with Gasteiger partial charge in [-0.3, -0.25) is 4.79 Å². The molecule has 1 unspecified atom stereocenters. The minimum atomic E-state index is -3.14. The van der Waals surface area contributed by atoms with E-state index in [4.69, 9.17) is 0 Å². The molecule has 0 spiro atoms. The van der Waals surface area contributed by atoms with Crippen molar-refractivity contribution < 1.29 is 13.2 Å². The number of hydrogen-bond acceptors (Lipinski definition) is 4. The Balaban J connectivity index is 2.41. The SMILES string of the molecule is CC(C)NC(=O)CCS(=O)(=O)C1CCCNC1. The van der Waals surface area contributed by atoms with Crippen molar-refractivity contribution in [1.82, 2.24) is 10.6 Å². The molecule has 1 saturated heterocycles. The normalized spacial score (nSPS) is 21.5. The van der Waals surface area contributed by atoms with Gasteiger partial charge in [-0.05, 0) is 33.2 Å². The van der Waals surface area contributed by atoms with Crippen LogP contribution in [0.1, 0.15) is 33.1 Å². The first-order valence-electron chi connectivity index (χ1n) is 6.13. The van der Waals surface area contributed by atoms with Crippen LogP contribution in [0.5, 0.6) is 0 Å². The molecule has 1 aliphatic rings. The number of piperidine rings is 1. The lowest BCUT2D eigenvalue weighted by Crippen LogP contribution is -2.40. The monoisotopic (exact) mass is 262 g/mol. The topological polar surface area (TPSA) is 75.3 Å². The average molecular weight is 262 g/mol. The first-order valence-corrected chi connectivity index (χ1v) is 7.85. The van der Waals surface area contributed by atoms with Crippen LogP contribution in [0, 0.1) is 0 Å².